The van der Waals surface area contributed by atoms with Gasteiger partial charge in [0, 0.05) is 0 Å². The molecule has 1 aliphatic carbocycles. The van der Waals surface area contributed by atoms with Gasteiger partial charge < -0.3 is 5.11 Å². The number of aliphatic carboxylic acids is 1. The zero-order valence-electron chi connectivity index (χ0n) is 13.8. The smallest absolute Gasteiger partial charge is 0.305 e. The van der Waals surface area contributed by atoms with Crippen LogP contribution in [-0.4, -0.2) is 33.4 Å². The van der Waals surface area contributed by atoms with Crippen LogP contribution in [0.4, 0.5) is 5.69 Å². The van der Waals surface area contributed by atoms with Gasteiger partial charge in [0.15, 0.2) is 5.17 Å². The molecule has 1 N–H and O–H groups in total. The Kier molecular flexibility index (Phi) is 5.23. The third-order valence-electron chi connectivity index (χ3n) is 4.52. The van der Waals surface area contributed by atoms with Crippen LogP contribution in [0.2, 0.25) is 0 Å². The summed E-state index contributed by atoms with van der Waals surface area (Å²) < 4.78 is 0. The van der Waals surface area contributed by atoms with Crippen molar-refractivity contribution in [1.29, 1.82) is 0 Å². The summed E-state index contributed by atoms with van der Waals surface area (Å²) in [5.74, 6) is -1.13. The first-order valence-electron chi connectivity index (χ1n) is 8.42. The van der Waals surface area contributed by atoms with E-state index in [-0.39, 0.29) is 18.4 Å². The van der Waals surface area contributed by atoms with Crippen molar-refractivity contribution in [2.75, 3.05) is 4.90 Å². The number of carboxylic acids is 1. The molecule has 1 amide bonds. The third kappa shape index (κ3) is 3.64. The predicted molar refractivity (Wildman–Crippen MR) is 96.6 cm³/mol. The fourth-order valence-corrected chi connectivity index (χ4v) is 4.44. The summed E-state index contributed by atoms with van der Waals surface area (Å²) in [5, 5.41) is 9.15. The van der Waals surface area contributed by atoms with E-state index in [4.69, 9.17) is 10.1 Å². The number of thioether (sulfide) groups is 1. The maximum Gasteiger partial charge on any atom is 0.305 e. The molecule has 128 valence electrons. The molecular formula is C18H22N2O3S. The van der Waals surface area contributed by atoms with E-state index in [9.17, 15) is 9.59 Å². The Hall–Kier alpha value is -1.82. The highest BCUT2D eigenvalue weighted by Crippen LogP contribution is 2.36. The Morgan fingerprint density at radius 1 is 1.29 bits per heavy atom. The van der Waals surface area contributed by atoms with Gasteiger partial charge in [-0.1, -0.05) is 49.2 Å². The van der Waals surface area contributed by atoms with E-state index in [2.05, 4.69) is 0 Å². The molecule has 0 aromatic heterocycles. The topological polar surface area (TPSA) is 70.0 Å². The van der Waals surface area contributed by atoms with Crippen LogP contribution in [0.15, 0.2) is 29.3 Å². The van der Waals surface area contributed by atoms with Crippen molar-refractivity contribution in [3.63, 3.8) is 0 Å². The van der Waals surface area contributed by atoms with Crippen molar-refractivity contribution in [2.24, 2.45) is 4.99 Å². The Balaban J connectivity index is 1.93. The molecule has 1 unspecified atom stereocenters. The summed E-state index contributed by atoms with van der Waals surface area (Å²) >= 11 is 1.30. The van der Waals surface area contributed by atoms with Crippen LogP contribution in [0.25, 0.3) is 0 Å². The monoisotopic (exact) mass is 346 g/mol. The molecule has 1 aromatic carbocycles. The molecule has 6 heteroatoms. The molecular weight excluding hydrogens is 324 g/mol. The number of carboxylic acid groups (broad SMARTS) is 1. The zero-order valence-corrected chi connectivity index (χ0v) is 14.6. The van der Waals surface area contributed by atoms with Crippen molar-refractivity contribution >= 4 is 34.5 Å². The molecule has 1 heterocycles. The van der Waals surface area contributed by atoms with Crippen molar-refractivity contribution in [1.82, 2.24) is 0 Å². The van der Waals surface area contributed by atoms with Crippen molar-refractivity contribution in [3.05, 3.63) is 29.8 Å². The number of nitrogens with zero attached hydrogens (tertiary/aromatic N) is 2. The quantitative estimate of drug-likeness (QED) is 0.904. The molecule has 1 aliphatic heterocycles. The van der Waals surface area contributed by atoms with E-state index in [1.807, 2.05) is 31.2 Å². The highest BCUT2D eigenvalue weighted by Gasteiger charge is 2.41. The molecule has 24 heavy (non-hydrogen) atoms. The second kappa shape index (κ2) is 7.38. The molecule has 1 saturated carbocycles. The number of amidine groups is 1. The van der Waals surface area contributed by atoms with Gasteiger partial charge in [0.1, 0.15) is 5.25 Å². The van der Waals surface area contributed by atoms with Crippen LogP contribution in [0, 0.1) is 6.92 Å². The SMILES string of the molecule is Cc1ccccc1N1C(=O)C(CC(=O)O)SC1=NC1CCCCC1. The number of hydrogen-bond acceptors (Lipinski definition) is 4. The van der Waals surface area contributed by atoms with Crippen LogP contribution in [-0.2, 0) is 9.59 Å². The van der Waals surface area contributed by atoms with Gasteiger partial charge in [-0.05, 0) is 31.4 Å². The lowest BCUT2D eigenvalue weighted by Gasteiger charge is -2.22. The summed E-state index contributed by atoms with van der Waals surface area (Å²) in [6.07, 6.45) is 5.50. The van der Waals surface area contributed by atoms with E-state index >= 15 is 0 Å². The fraction of sp³-hybridized carbons (Fsp3) is 0.500. The summed E-state index contributed by atoms with van der Waals surface area (Å²) in [7, 11) is 0. The highest BCUT2D eigenvalue weighted by molar-refractivity contribution is 8.16. The molecule has 2 fully saturated rings. The number of amides is 1. The molecule has 0 bridgehead atoms. The summed E-state index contributed by atoms with van der Waals surface area (Å²) in [4.78, 5) is 30.4. The number of rotatable bonds is 4. The first kappa shape index (κ1) is 17.0. The average Bonchev–Trinajstić information content (AvgIpc) is 2.84. The number of benzene rings is 1. The lowest BCUT2D eigenvalue weighted by molar-refractivity contribution is -0.138. The standard InChI is InChI=1S/C18H22N2O3S/c1-12-7-5-6-10-14(12)20-17(23)15(11-16(21)22)24-18(20)19-13-8-3-2-4-9-13/h5-7,10,13,15H,2-4,8-9,11H2,1H3,(H,21,22). The molecule has 0 spiro atoms. The minimum atomic E-state index is -0.954. The first-order valence-corrected chi connectivity index (χ1v) is 9.30. The number of aliphatic imine (C=N–C) groups is 1. The third-order valence-corrected chi connectivity index (χ3v) is 5.67. The van der Waals surface area contributed by atoms with Crippen molar-refractivity contribution in [2.45, 2.75) is 56.7 Å². The summed E-state index contributed by atoms with van der Waals surface area (Å²) in [6, 6.07) is 7.91. The van der Waals surface area contributed by atoms with Gasteiger partial charge in [0.2, 0.25) is 5.91 Å². The fourth-order valence-electron chi connectivity index (χ4n) is 3.25. The molecule has 1 saturated heterocycles. The maximum absolute atomic E-state index is 12.8. The normalized spacial score (nSPS) is 23.9. The number of carbonyl (C=O) groups excluding carboxylic acids is 1. The van der Waals surface area contributed by atoms with E-state index in [1.54, 1.807) is 4.90 Å². The van der Waals surface area contributed by atoms with Gasteiger partial charge in [-0.2, -0.15) is 0 Å². The molecule has 2 aliphatic rings. The van der Waals surface area contributed by atoms with Crippen LogP contribution in [0.5, 0.6) is 0 Å². The molecule has 5 nitrogen and oxygen atoms in total. The van der Waals surface area contributed by atoms with Crippen LogP contribution < -0.4 is 4.90 Å². The number of carbonyl (C=O) groups is 2. The van der Waals surface area contributed by atoms with Gasteiger partial charge in [-0.25, -0.2) is 0 Å². The van der Waals surface area contributed by atoms with Crippen molar-refractivity contribution in [3.8, 4) is 0 Å². The second-order valence-electron chi connectivity index (χ2n) is 6.37. The summed E-state index contributed by atoms with van der Waals surface area (Å²) in [6.45, 7) is 1.95. The number of aryl methyl sites for hydroxylation is 1. The maximum atomic E-state index is 12.8. The highest BCUT2D eigenvalue weighted by atomic mass is 32.2. The van der Waals surface area contributed by atoms with Gasteiger partial charge in [0.25, 0.3) is 0 Å². The van der Waals surface area contributed by atoms with E-state index in [0.717, 1.165) is 24.1 Å². The van der Waals surface area contributed by atoms with Crippen LogP contribution in [0.1, 0.15) is 44.1 Å². The van der Waals surface area contributed by atoms with E-state index in [1.165, 1.54) is 31.0 Å². The van der Waals surface area contributed by atoms with Crippen LogP contribution >= 0.6 is 11.8 Å². The zero-order chi connectivity index (χ0) is 17.1. The Morgan fingerprint density at radius 2 is 2.00 bits per heavy atom. The van der Waals surface area contributed by atoms with Crippen molar-refractivity contribution < 1.29 is 14.7 Å². The summed E-state index contributed by atoms with van der Waals surface area (Å²) in [5.41, 5.74) is 1.79. The van der Waals surface area contributed by atoms with Gasteiger partial charge >= 0.3 is 5.97 Å². The second-order valence-corrected chi connectivity index (χ2v) is 7.54. The van der Waals surface area contributed by atoms with E-state index in [0.29, 0.717) is 5.17 Å². The Labute approximate surface area is 146 Å². The number of para-hydroxylation sites is 1. The lowest BCUT2D eigenvalue weighted by Crippen LogP contribution is -2.34. The van der Waals surface area contributed by atoms with Gasteiger partial charge in [-0.15, -0.1) is 0 Å². The van der Waals surface area contributed by atoms with E-state index < -0.39 is 11.2 Å². The number of anilines is 1. The number of hydrogen-bond donors (Lipinski definition) is 1. The van der Waals surface area contributed by atoms with Gasteiger partial charge in [0.05, 0.1) is 18.2 Å². The minimum absolute atomic E-state index is 0.171. The largest absolute Gasteiger partial charge is 0.481 e. The molecule has 1 aromatic rings. The minimum Gasteiger partial charge on any atom is -0.481 e. The average molecular weight is 346 g/mol. The first-order chi connectivity index (χ1) is 11.6. The van der Waals surface area contributed by atoms with Gasteiger partial charge in [-0.3, -0.25) is 19.5 Å². The Bertz CT molecular complexity index is 668. The molecule has 0 radical (unpaired) electrons. The molecule has 1 atom stereocenters. The Morgan fingerprint density at radius 3 is 2.67 bits per heavy atom. The lowest BCUT2D eigenvalue weighted by atomic mass is 9.96. The predicted octanol–water partition coefficient (Wildman–Crippen LogP) is 3.61. The van der Waals surface area contributed by atoms with Crippen LogP contribution in [0.3, 0.4) is 0 Å². The molecule has 3 rings (SSSR count).